The van der Waals surface area contributed by atoms with Crippen molar-refractivity contribution >= 4 is 0 Å². The second kappa shape index (κ2) is 4.83. The first-order valence-corrected chi connectivity index (χ1v) is 6.07. The van der Waals surface area contributed by atoms with Gasteiger partial charge in [0.05, 0.1) is 12.0 Å². The Morgan fingerprint density at radius 2 is 2.44 bits per heavy atom. The zero-order valence-corrected chi connectivity index (χ0v) is 10.2. The molecular weight excluding hydrogens is 198 g/mol. The van der Waals surface area contributed by atoms with Crippen molar-refractivity contribution in [1.82, 2.24) is 14.9 Å². The van der Waals surface area contributed by atoms with Crippen LogP contribution in [0.1, 0.15) is 44.8 Å². The van der Waals surface area contributed by atoms with Crippen LogP contribution < -0.4 is 5.32 Å². The zero-order chi connectivity index (χ0) is 11.5. The third-order valence-corrected chi connectivity index (χ3v) is 3.16. The van der Waals surface area contributed by atoms with Gasteiger partial charge in [0.15, 0.2) is 0 Å². The van der Waals surface area contributed by atoms with E-state index in [9.17, 15) is 0 Å². The summed E-state index contributed by atoms with van der Waals surface area (Å²) in [4.78, 5) is 4.26. The summed E-state index contributed by atoms with van der Waals surface area (Å²) in [5.41, 5.74) is 2.47. The Balaban J connectivity index is 2.13. The van der Waals surface area contributed by atoms with E-state index in [-0.39, 0.29) is 0 Å². The van der Waals surface area contributed by atoms with Gasteiger partial charge in [0.25, 0.3) is 0 Å². The number of allylic oxidation sites excluding steroid dienone is 1. The molecule has 0 radical (unpaired) electrons. The minimum atomic E-state index is 0.464. The van der Waals surface area contributed by atoms with Gasteiger partial charge in [-0.05, 0) is 33.1 Å². The summed E-state index contributed by atoms with van der Waals surface area (Å²) in [6, 6.07) is 1.08. The molecule has 0 aliphatic carbocycles. The van der Waals surface area contributed by atoms with Crippen LogP contribution in [-0.4, -0.2) is 15.6 Å². The Labute approximate surface area is 97.6 Å². The van der Waals surface area contributed by atoms with Crippen molar-refractivity contribution in [3.05, 3.63) is 30.4 Å². The minimum Gasteiger partial charge on any atom is -0.329 e. The lowest BCUT2D eigenvalue weighted by Crippen LogP contribution is -2.35. The third-order valence-electron chi connectivity index (χ3n) is 3.16. The van der Waals surface area contributed by atoms with Crippen LogP contribution in [0.3, 0.4) is 0 Å². The van der Waals surface area contributed by atoms with E-state index in [2.05, 4.69) is 35.3 Å². The molecular formula is C13H21N3. The predicted molar refractivity (Wildman–Crippen MR) is 66.2 cm³/mol. The molecule has 2 unspecified atom stereocenters. The maximum atomic E-state index is 4.26. The third kappa shape index (κ3) is 2.53. The highest BCUT2D eigenvalue weighted by atomic mass is 15.1. The Morgan fingerprint density at radius 3 is 3.12 bits per heavy atom. The van der Waals surface area contributed by atoms with Gasteiger partial charge in [-0.1, -0.05) is 12.2 Å². The summed E-state index contributed by atoms with van der Waals surface area (Å²) in [6.07, 6.45) is 7.69. The molecule has 2 atom stereocenters. The fourth-order valence-corrected chi connectivity index (χ4v) is 2.42. The topological polar surface area (TPSA) is 29.9 Å². The van der Waals surface area contributed by atoms with Crippen molar-refractivity contribution in [2.75, 3.05) is 0 Å². The van der Waals surface area contributed by atoms with Crippen molar-refractivity contribution in [1.29, 1.82) is 0 Å². The van der Waals surface area contributed by atoms with Crippen LogP contribution >= 0.6 is 0 Å². The molecule has 1 aliphatic rings. The molecule has 1 N–H and O–H groups in total. The highest BCUT2D eigenvalue weighted by Crippen LogP contribution is 2.25. The predicted octanol–water partition coefficient (Wildman–Crippen LogP) is 2.66. The van der Waals surface area contributed by atoms with E-state index in [1.54, 1.807) is 0 Å². The smallest absolute Gasteiger partial charge is 0.0951 e. The molecule has 2 heterocycles. The first-order valence-electron chi connectivity index (χ1n) is 6.07. The molecule has 0 saturated carbocycles. The molecule has 1 fully saturated rings. The number of hydrogen-bond acceptors (Lipinski definition) is 2. The van der Waals surface area contributed by atoms with E-state index in [1.165, 1.54) is 30.5 Å². The first kappa shape index (κ1) is 11.4. The Morgan fingerprint density at radius 1 is 1.62 bits per heavy atom. The van der Waals surface area contributed by atoms with Gasteiger partial charge in [-0.2, -0.15) is 0 Å². The molecule has 0 aromatic carbocycles. The van der Waals surface area contributed by atoms with Crippen molar-refractivity contribution in [3.8, 4) is 0 Å². The average Bonchev–Trinajstić information content (AvgIpc) is 2.65. The molecule has 2 rings (SSSR count). The van der Waals surface area contributed by atoms with Gasteiger partial charge < -0.3 is 9.88 Å². The molecule has 1 aromatic heterocycles. The summed E-state index contributed by atoms with van der Waals surface area (Å²) in [7, 11) is 0. The normalized spacial score (nSPS) is 25.6. The monoisotopic (exact) mass is 219 g/mol. The number of nitrogens with one attached hydrogen (secondary N) is 1. The molecule has 0 amide bonds. The van der Waals surface area contributed by atoms with E-state index in [1.807, 2.05) is 12.5 Å². The van der Waals surface area contributed by atoms with Crippen LogP contribution in [0.2, 0.25) is 0 Å². The fraction of sp³-hybridized carbons (Fsp3) is 0.615. The standard InChI is InChI=1S/C13H21N3/c1-10(2)8-16-9-14-7-13(16)12-6-4-5-11(3)15-12/h7,9,11-12,15H,1,4-6,8H2,2-3H3. The average molecular weight is 219 g/mol. The lowest BCUT2D eigenvalue weighted by molar-refractivity contribution is 0.330. The van der Waals surface area contributed by atoms with Gasteiger partial charge in [-0.15, -0.1) is 0 Å². The Bertz CT molecular complexity index is 367. The van der Waals surface area contributed by atoms with Crippen molar-refractivity contribution < 1.29 is 0 Å². The molecule has 1 aliphatic heterocycles. The number of aromatic nitrogens is 2. The van der Waals surface area contributed by atoms with Crippen molar-refractivity contribution in [3.63, 3.8) is 0 Å². The maximum absolute atomic E-state index is 4.26. The van der Waals surface area contributed by atoms with Crippen LogP contribution in [-0.2, 0) is 6.54 Å². The van der Waals surface area contributed by atoms with Crippen LogP contribution in [0.5, 0.6) is 0 Å². The van der Waals surface area contributed by atoms with Gasteiger partial charge >= 0.3 is 0 Å². The molecule has 0 spiro atoms. The number of rotatable bonds is 3. The second-order valence-corrected chi connectivity index (χ2v) is 4.95. The maximum Gasteiger partial charge on any atom is 0.0951 e. The Hall–Kier alpha value is -1.09. The van der Waals surface area contributed by atoms with E-state index >= 15 is 0 Å². The summed E-state index contributed by atoms with van der Waals surface area (Å²) in [5.74, 6) is 0. The van der Waals surface area contributed by atoms with E-state index in [4.69, 9.17) is 0 Å². The fourth-order valence-electron chi connectivity index (χ4n) is 2.42. The lowest BCUT2D eigenvalue weighted by atomic mass is 9.97. The molecule has 1 saturated heterocycles. The van der Waals surface area contributed by atoms with Gasteiger partial charge in [0.2, 0.25) is 0 Å². The number of hydrogen-bond donors (Lipinski definition) is 1. The van der Waals surface area contributed by atoms with Crippen molar-refractivity contribution in [2.45, 2.75) is 51.7 Å². The SMILES string of the molecule is C=C(C)Cn1cncc1C1CCCC(C)N1. The number of nitrogens with zero attached hydrogens (tertiary/aromatic N) is 2. The van der Waals surface area contributed by atoms with Crippen LogP contribution in [0.15, 0.2) is 24.7 Å². The summed E-state index contributed by atoms with van der Waals surface area (Å²) in [6.45, 7) is 9.15. The molecule has 16 heavy (non-hydrogen) atoms. The first-order chi connectivity index (χ1) is 7.66. The molecule has 3 heteroatoms. The van der Waals surface area contributed by atoms with E-state index < -0.39 is 0 Å². The molecule has 1 aromatic rings. The quantitative estimate of drug-likeness (QED) is 0.792. The highest BCUT2D eigenvalue weighted by Gasteiger charge is 2.21. The van der Waals surface area contributed by atoms with Gasteiger partial charge in [0, 0.05) is 24.8 Å². The van der Waals surface area contributed by atoms with E-state index in [0.717, 1.165) is 6.54 Å². The minimum absolute atomic E-state index is 0.464. The zero-order valence-electron chi connectivity index (χ0n) is 10.2. The van der Waals surface area contributed by atoms with Gasteiger partial charge in [0.1, 0.15) is 0 Å². The lowest BCUT2D eigenvalue weighted by Gasteiger charge is -2.29. The Kier molecular flexibility index (Phi) is 3.44. The van der Waals surface area contributed by atoms with Crippen LogP contribution in [0, 0.1) is 0 Å². The second-order valence-electron chi connectivity index (χ2n) is 4.95. The number of imidazole rings is 1. The van der Waals surface area contributed by atoms with Crippen LogP contribution in [0.4, 0.5) is 0 Å². The van der Waals surface area contributed by atoms with Crippen LogP contribution in [0.25, 0.3) is 0 Å². The van der Waals surface area contributed by atoms with E-state index in [0.29, 0.717) is 12.1 Å². The van der Waals surface area contributed by atoms with Gasteiger partial charge in [-0.3, -0.25) is 0 Å². The summed E-state index contributed by atoms with van der Waals surface area (Å²) < 4.78 is 2.21. The van der Waals surface area contributed by atoms with Gasteiger partial charge in [-0.25, -0.2) is 4.98 Å². The highest BCUT2D eigenvalue weighted by molar-refractivity contribution is 5.09. The molecule has 3 nitrogen and oxygen atoms in total. The summed E-state index contributed by atoms with van der Waals surface area (Å²) in [5, 5.41) is 3.64. The molecule has 0 bridgehead atoms. The molecule has 88 valence electrons. The van der Waals surface area contributed by atoms with Crippen molar-refractivity contribution in [2.24, 2.45) is 0 Å². The number of piperidine rings is 1. The largest absolute Gasteiger partial charge is 0.329 e. The summed E-state index contributed by atoms with van der Waals surface area (Å²) >= 11 is 0.